The third-order valence-electron chi connectivity index (χ3n) is 5.59. The molecule has 158 valence electrons. The molecule has 6 nitrogen and oxygen atoms in total. The number of nitrogens with zero attached hydrogens (tertiary/aromatic N) is 3. The summed E-state index contributed by atoms with van der Waals surface area (Å²) in [7, 11) is 1.70. The van der Waals surface area contributed by atoms with Crippen molar-refractivity contribution >= 4 is 17.8 Å². The molecule has 4 rings (SSSR count). The molecule has 1 aliphatic rings. The molecule has 2 heterocycles. The van der Waals surface area contributed by atoms with Crippen molar-refractivity contribution < 1.29 is 9.90 Å². The number of hydrogen-bond donors (Lipinski definition) is 2. The Kier molecular flexibility index (Phi) is 5.33. The minimum Gasteiger partial charge on any atom is -0.398 e. The first-order valence-electron chi connectivity index (χ1n) is 10.2. The second kappa shape index (κ2) is 7.96. The van der Waals surface area contributed by atoms with E-state index in [0.29, 0.717) is 30.0 Å². The highest BCUT2D eigenvalue weighted by molar-refractivity contribution is 5.98. The first-order valence-corrected chi connectivity index (χ1v) is 10.2. The number of nitrogens with two attached hydrogens (primary N) is 1. The number of rotatable bonds is 5. The van der Waals surface area contributed by atoms with Crippen LogP contribution < -0.4 is 5.73 Å². The maximum atomic E-state index is 12.6. The van der Waals surface area contributed by atoms with E-state index in [0.717, 1.165) is 27.8 Å². The number of benzene rings is 2. The summed E-state index contributed by atoms with van der Waals surface area (Å²) < 4.78 is 0. The van der Waals surface area contributed by atoms with E-state index in [4.69, 9.17) is 5.73 Å². The molecular weight excluding hydrogens is 388 g/mol. The summed E-state index contributed by atoms with van der Waals surface area (Å²) in [6.07, 6.45) is 3.38. The fraction of sp³-hybridized carbons (Fsp3) is 0.240. The van der Waals surface area contributed by atoms with Gasteiger partial charge in [-0.25, -0.2) is 0 Å². The van der Waals surface area contributed by atoms with Gasteiger partial charge in [0.15, 0.2) is 0 Å². The molecule has 0 aliphatic carbocycles. The van der Waals surface area contributed by atoms with Gasteiger partial charge in [0.1, 0.15) is 5.69 Å². The summed E-state index contributed by atoms with van der Waals surface area (Å²) in [6.45, 7) is 4.54. The lowest BCUT2D eigenvalue weighted by molar-refractivity contribution is 0.0761. The average molecular weight is 415 g/mol. The molecule has 2 aromatic carbocycles. The number of anilines is 1. The number of aromatic nitrogens is 1. The maximum absolute atomic E-state index is 12.6. The Morgan fingerprint density at radius 2 is 1.94 bits per heavy atom. The van der Waals surface area contributed by atoms with Crippen LogP contribution in [0.25, 0.3) is 11.1 Å². The first-order chi connectivity index (χ1) is 14.8. The predicted octanol–water partition coefficient (Wildman–Crippen LogP) is 3.76. The van der Waals surface area contributed by atoms with Gasteiger partial charge in [-0.2, -0.15) is 0 Å². The van der Waals surface area contributed by atoms with Crippen LogP contribution in [0.15, 0.2) is 59.7 Å². The molecular formula is C25H26N4O2. The molecule has 3 N–H and O–H groups in total. The van der Waals surface area contributed by atoms with Gasteiger partial charge in [-0.1, -0.05) is 42.5 Å². The van der Waals surface area contributed by atoms with Gasteiger partial charge in [0.25, 0.3) is 5.91 Å². The van der Waals surface area contributed by atoms with Crippen LogP contribution in [0.3, 0.4) is 0 Å². The topological polar surface area (TPSA) is 91.8 Å². The molecule has 3 aromatic rings. The second-order valence-electron chi connectivity index (χ2n) is 8.30. The fourth-order valence-corrected chi connectivity index (χ4v) is 4.01. The van der Waals surface area contributed by atoms with Crippen molar-refractivity contribution in [3.8, 4) is 11.1 Å². The zero-order chi connectivity index (χ0) is 22.2. The Bertz CT molecular complexity index is 1160. The summed E-state index contributed by atoms with van der Waals surface area (Å²) in [5.74, 6) is -0.0314. The highest BCUT2D eigenvalue weighted by atomic mass is 16.3. The number of aliphatic imine (C=N–C) groups is 1. The number of pyridine rings is 1. The van der Waals surface area contributed by atoms with E-state index in [-0.39, 0.29) is 5.91 Å². The van der Waals surface area contributed by atoms with Gasteiger partial charge in [0, 0.05) is 54.9 Å². The summed E-state index contributed by atoms with van der Waals surface area (Å²) in [6, 6.07) is 15.7. The fourth-order valence-electron chi connectivity index (χ4n) is 4.01. The number of nitrogen functional groups attached to an aromatic ring is 1. The molecule has 1 aromatic heterocycles. The van der Waals surface area contributed by atoms with E-state index in [1.54, 1.807) is 38.2 Å². The lowest BCUT2D eigenvalue weighted by Gasteiger charge is -2.23. The van der Waals surface area contributed by atoms with Gasteiger partial charge < -0.3 is 15.7 Å². The van der Waals surface area contributed by atoms with Crippen LogP contribution in [0.1, 0.15) is 46.6 Å². The van der Waals surface area contributed by atoms with E-state index in [1.807, 2.05) is 48.5 Å². The Labute approximate surface area is 182 Å². The Hall–Kier alpha value is -3.51. The Morgan fingerprint density at radius 3 is 2.58 bits per heavy atom. The molecule has 0 unspecified atom stereocenters. The van der Waals surface area contributed by atoms with Gasteiger partial charge in [0.05, 0.1) is 5.60 Å². The Balaban J connectivity index is 1.60. The lowest BCUT2D eigenvalue weighted by Crippen LogP contribution is -2.23. The molecule has 1 aliphatic heterocycles. The molecule has 0 bridgehead atoms. The van der Waals surface area contributed by atoms with E-state index in [9.17, 15) is 9.90 Å². The quantitative estimate of drug-likeness (QED) is 0.491. The number of hydrogen-bond acceptors (Lipinski definition) is 5. The molecule has 0 saturated carbocycles. The minimum absolute atomic E-state index is 0.0314. The molecule has 6 heteroatoms. The standard InChI is InChI=1S/C25H26N4O2/c1-25(2,31)21-11-10-19(20(13-27-3)22(21)26)17-8-6-16(7-9-17)14-29-15-18-5-4-12-28-23(18)24(29)30/h4-13,31H,14-15,26H2,1-3H3. The van der Waals surface area contributed by atoms with Gasteiger partial charge >= 0.3 is 0 Å². The zero-order valence-corrected chi connectivity index (χ0v) is 18.0. The van der Waals surface area contributed by atoms with Crippen molar-refractivity contribution in [2.45, 2.75) is 32.5 Å². The van der Waals surface area contributed by atoms with Crippen LogP contribution in [-0.4, -0.2) is 34.2 Å². The van der Waals surface area contributed by atoms with E-state index in [2.05, 4.69) is 9.98 Å². The molecule has 1 amide bonds. The monoisotopic (exact) mass is 414 g/mol. The summed E-state index contributed by atoms with van der Waals surface area (Å²) in [5, 5.41) is 10.4. The SMILES string of the molecule is CN=Cc1c(-c2ccc(CN3Cc4cccnc4C3=O)cc2)ccc(C(C)(C)O)c1N. The number of aliphatic hydroxyl groups is 1. The number of fused-ring (bicyclic) bond motifs is 1. The smallest absolute Gasteiger partial charge is 0.273 e. The number of carbonyl (C=O) groups excluding carboxylic acids is 1. The molecule has 0 spiro atoms. The third kappa shape index (κ3) is 3.94. The summed E-state index contributed by atoms with van der Waals surface area (Å²) in [5.41, 5.74) is 11.8. The molecule has 0 atom stereocenters. The number of amides is 1. The molecule has 0 radical (unpaired) electrons. The van der Waals surface area contributed by atoms with Crippen LogP contribution in [-0.2, 0) is 18.7 Å². The molecule has 31 heavy (non-hydrogen) atoms. The van der Waals surface area contributed by atoms with Crippen molar-refractivity contribution in [1.82, 2.24) is 9.88 Å². The molecule has 0 fully saturated rings. The highest BCUT2D eigenvalue weighted by Gasteiger charge is 2.28. The van der Waals surface area contributed by atoms with Gasteiger partial charge in [-0.15, -0.1) is 0 Å². The van der Waals surface area contributed by atoms with Crippen LogP contribution >= 0.6 is 0 Å². The van der Waals surface area contributed by atoms with Gasteiger partial charge in [-0.3, -0.25) is 14.8 Å². The second-order valence-corrected chi connectivity index (χ2v) is 8.30. The van der Waals surface area contributed by atoms with Crippen molar-refractivity contribution in [1.29, 1.82) is 0 Å². The minimum atomic E-state index is -1.04. The van der Waals surface area contributed by atoms with Crippen LogP contribution in [0.5, 0.6) is 0 Å². The summed E-state index contributed by atoms with van der Waals surface area (Å²) in [4.78, 5) is 22.7. The zero-order valence-electron chi connectivity index (χ0n) is 18.0. The highest BCUT2D eigenvalue weighted by Crippen LogP contribution is 2.34. The van der Waals surface area contributed by atoms with Crippen molar-refractivity contribution in [3.63, 3.8) is 0 Å². The molecule has 0 saturated heterocycles. The largest absolute Gasteiger partial charge is 0.398 e. The van der Waals surface area contributed by atoms with Gasteiger partial charge in [0.2, 0.25) is 0 Å². The normalized spacial score (nSPS) is 13.8. The maximum Gasteiger partial charge on any atom is 0.273 e. The Morgan fingerprint density at radius 1 is 1.19 bits per heavy atom. The third-order valence-corrected chi connectivity index (χ3v) is 5.59. The van der Waals surface area contributed by atoms with Gasteiger partial charge in [-0.05, 0) is 36.6 Å². The van der Waals surface area contributed by atoms with E-state index in [1.165, 1.54) is 0 Å². The van der Waals surface area contributed by atoms with Crippen LogP contribution in [0.2, 0.25) is 0 Å². The predicted molar refractivity (Wildman–Crippen MR) is 123 cm³/mol. The number of carbonyl (C=O) groups is 1. The van der Waals surface area contributed by atoms with Crippen LogP contribution in [0, 0.1) is 0 Å². The van der Waals surface area contributed by atoms with Crippen molar-refractivity contribution in [2.75, 3.05) is 12.8 Å². The first kappa shape index (κ1) is 20.8. The lowest BCUT2D eigenvalue weighted by atomic mass is 9.89. The average Bonchev–Trinajstić information content (AvgIpc) is 3.05. The van der Waals surface area contributed by atoms with E-state index < -0.39 is 5.60 Å². The van der Waals surface area contributed by atoms with Crippen molar-refractivity contribution in [2.24, 2.45) is 4.99 Å². The van der Waals surface area contributed by atoms with Crippen molar-refractivity contribution in [3.05, 3.63) is 82.7 Å². The summed E-state index contributed by atoms with van der Waals surface area (Å²) >= 11 is 0. The van der Waals surface area contributed by atoms with E-state index >= 15 is 0 Å². The van der Waals surface area contributed by atoms with Crippen LogP contribution in [0.4, 0.5) is 5.69 Å².